The highest BCUT2D eigenvalue weighted by atomic mass is 32.3. The molecule has 1 aliphatic rings. The molecule has 20 N–H and O–H groups in total. The van der Waals surface area contributed by atoms with E-state index in [-0.39, 0.29) is 49.8 Å². The Morgan fingerprint density at radius 1 is 0.638 bits per heavy atom. The van der Waals surface area contributed by atoms with Gasteiger partial charge in [-0.05, 0) is 73.1 Å². The van der Waals surface area contributed by atoms with Gasteiger partial charge < -0.3 is 109 Å². The van der Waals surface area contributed by atoms with Gasteiger partial charge in [-0.25, -0.2) is 0 Å². The molecule has 4 aromatic rings. The summed E-state index contributed by atoms with van der Waals surface area (Å²) < 4.78 is 36.9. The van der Waals surface area contributed by atoms with Crippen LogP contribution in [0.1, 0.15) is 75.0 Å². The quantitative estimate of drug-likeness (QED) is 0.0145. The van der Waals surface area contributed by atoms with Crippen molar-refractivity contribution < 1.29 is 119 Å². The average Bonchev–Trinajstić information content (AvgIpc) is 1.78. The third kappa shape index (κ3) is 31.8. The topological polar surface area (TPSA) is 612 Å². The Balaban J connectivity index is 0.00000195. The largest absolute Gasteiger partial charge is 0.550 e. The summed E-state index contributed by atoms with van der Waals surface area (Å²) in [6, 6.07) is 4.78. The van der Waals surface area contributed by atoms with Gasteiger partial charge in [0.15, 0.2) is 0 Å². The van der Waals surface area contributed by atoms with Gasteiger partial charge in [0.2, 0.25) is 70.9 Å². The molecule has 11 atom stereocenters. The molecule has 2 heterocycles. The first kappa shape index (κ1) is 86.6. The van der Waals surface area contributed by atoms with Gasteiger partial charge in [0.05, 0.1) is 46.6 Å². The van der Waals surface area contributed by atoms with Crippen molar-refractivity contribution >= 4 is 122 Å². The minimum absolute atomic E-state index is 0.0226. The van der Waals surface area contributed by atoms with Crippen molar-refractivity contribution in [2.75, 3.05) is 46.2 Å². The van der Waals surface area contributed by atoms with Crippen molar-refractivity contribution in [3.05, 3.63) is 102 Å². The number of nitrogens with one attached hydrogen (secondary N) is 11. The summed E-state index contributed by atoms with van der Waals surface area (Å²) in [6.45, 7) is 0.497. The van der Waals surface area contributed by atoms with Crippen molar-refractivity contribution in [1.82, 2.24) is 58.2 Å². The summed E-state index contributed by atoms with van der Waals surface area (Å²) in [7, 11) is 0.645. The van der Waals surface area contributed by atoms with Crippen LogP contribution >= 0.6 is 11.8 Å². The number of hydrogen-bond donors (Lipinski definition) is 18. The highest BCUT2D eigenvalue weighted by molar-refractivity contribution is 7.98. The van der Waals surface area contributed by atoms with E-state index in [1.54, 1.807) is 67.0 Å². The molecule has 12 amide bonds. The maximum atomic E-state index is 14.5. The van der Waals surface area contributed by atoms with Gasteiger partial charge in [0.25, 0.3) is 0 Å². The number of primary amides is 2. The molecule has 0 aliphatic carbocycles. The van der Waals surface area contributed by atoms with Crippen LogP contribution in [0.3, 0.4) is 0 Å². The van der Waals surface area contributed by atoms with Gasteiger partial charge in [-0.15, -0.1) is 0 Å². The first-order chi connectivity index (χ1) is 49.2. The third-order valence-electron chi connectivity index (χ3n) is 15.4. The van der Waals surface area contributed by atoms with Crippen LogP contribution in [0.5, 0.6) is 5.75 Å². The van der Waals surface area contributed by atoms with E-state index in [9.17, 15) is 101 Å². The number of amides is 12. The Morgan fingerprint density at radius 2 is 1.14 bits per heavy atom. The number of rotatable bonds is 42. The summed E-state index contributed by atoms with van der Waals surface area (Å²) in [4.78, 5) is 198. The number of aliphatic hydroxyl groups excluding tert-OH is 2. The third-order valence-corrected chi connectivity index (χ3v) is 16.5. The minimum atomic E-state index is -5.02. The number of quaternary nitrogens is 1. The maximum Gasteiger partial charge on any atom is 0.446 e. The van der Waals surface area contributed by atoms with Crippen molar-refractivity contribution in [3.8, 4) is 5.75 Å². The molecule has 1 aromatic heterocycles. The number of carboxylic acid groups (broad SMARTS) is 3. The van der Waals surface area contributed by atoms with Crippen LogP contribution in [0.15, 0.2) is 85.1 Å². The zero-order valence-electron chi connectivity index (χ0n) is 57.7. The summed E-state index contributed by atoms with van der Waals surface area (Å²) in [6.07, 6.45) is -3.80. The minimum Gasteiger partial charge on any atom is -0.550 e. The molecule has 1 aliphatic heterocycles. The molecular formula is C65H88N14O24S2. The lowest BCUT2D eigenvalue weighted by atomic mass is 10.0. The molecule has 0 bridgehead atoms. The normalized spacial score (nSPS) is 15.5. The highest BCUT2D eigenvalue weighted by Gasteiger charge is 2.38. The number of aromatic nitrogens is 1. The number of carbonyl (C=O) groups is 15. The number of hydrogen-bond acceptors (Lipinski definition) is 22. The number of aromatic amines is 1. The van der Waals surface area contributed by atoms with Gasteiger partial charge in [0, 0.05) is 61.6 Å². The summed E-state index contributed by atoms with van der Waals surface area (Å²) >= 11 is 1.26. The van der Waals surface area contributed by atoms with Crippen LogP contribution < -0.4 is 73.9 Å². The number of aliphatic carboxylic acids is 3. The lowest BCUT2D eigenvalue weighted by Crippen LogP contribution is -2.61. The number of nitrogens with zero attached hydrogens (tertiary/aromatic N) is 1. The molecule has 3 aromatic carbocycles. The van der Waals surface area contributed by atoms with Gasteiger partial charge in [-0.3, -0.25) is 71.7 Å². The van der Waals surface area contributed by atoms with E-state index in [2.05, 4.69) is 62.3 Å². The molecule has 105 heavy (non-hydrogen) atoms. The standard InChI is InChI=1S/C58H73N13O21S2.C7H15NO3/c1-29(72)49(71-57(87)40(23-31-12-14-33(15-13-31)92-94(89,90)91)68-56(86)43(26-48(78)79)69-52(82)37(16-18-44(59)73)65-51(81)36-17-19-45(74)63-36)58(88)62-28-46(75)64-41(24-32-27-61-35-11-7-6-10-34(32)35)54(84)66-38(20-21-93-2)53(83)70-42(25-47(76)77)55(85)67-39(50(60)80)22-30-8-4-3-5-9-30;1-8(2,3)5-6(9)4-7(10)11/h3-15,27,29,36-43,49,61,72H,16-26,28H2,1-2H3,(H2,59,73)(H2,60,80)(H,62,88)(H,63,74)(H,64,75)(H,65,81)(H,66,84)(H,67,85)(H,68,86)(H,69,82)(H,70,83)(H,71,87)(H,76,77)(H,78,79)(H,89,90,91);6,9H,4-5H2,1-3H3/t29-,36+,37+,38+,39+,40+,41+,42+,43+,49+;/m1./s1. The maximum absolute atomic E-state index is 14.5. The number of benzene rings is 3. The van der Waals surface area contributed by atoms with Gasteiger partial charge >= 0.3 is 22.3 Å². The molecule has 5 rings (SSSR count). The molecule has 574 valence electrons. The second-order valence-corrected chi connectivity index (χ2v) is 27.3. The predicted octanol–water partition coefficient (Wildman–Crippen LogP) is -6.32. The Morgan fingerprint density at radius 3 is 1.67 bits per heavy atom. The molecule has 1 unspecified atom stereocenters. The van der Waals surface area contributed by atoms with Crippen LogP contribution in [-0.4, -0.2) is 244 Å². The lowest BCUT2D eigenvalue weighted by molar-refractivity contribution is -0.873. The van der Waals surface area contributed by atoms with E-state index in [0.29, 0.717) is 33.1 Å². The SMILES string of the molecule is CSCC[C@H](NC(=O)[C@H](Cc1c[nH]c2ccccc12)NC(=O)CNC(=O)[C@@H](NC(=O)[C@H](Cc1ccc(OS(=O)(=O)O)cc1)NC(=O)[C@H](CC(=O)O)NC(=O)[C@H](CCC(N)=O)NC(=O)[C@@H]1CCC(=O)N1)[C@@H](C)O)C(=O)N[C@@H](CC(=O)O)C(=O)N[C@@H](Cc1ccccc1)C(N)=O.C[N+](C)(C)CC(O)CC(=O)[O-]. The first-order valence-electron chi connectivity index (χ1n) is 32.4. The van der Waals surface area contributed by atoms with E-state index >= 15 is 0 Å². The summed E-state index contributed by atoms with van der Waals surface area (Å²) in [5.41, 5.74) is 12.6. The molecule has 1 fully saturated rings. The van der Waals surface area contributed by atoms with Gasteiger partial charge in [0.1, 0.15) is 72.8 Å². The van der Waals surface area contributed by atoms with Crippen molar-refractivity contribution in [3.63, 3.8) is 0 Å². The van der Waals surface area contributed by atoms with Crippen molar-refractivity contribution in [1.29, 1.82) is 0 Å². The number of likely N-dealkylation sites (N-methyl/N-ethyl adjacent to an activating group) is 1. The van der Waals surface area contributed by atoms with Crippen LogP contribution in [0.2, 0.25) is 0 Å². The second kappa shape index (κ2) is 41.5. The Labute approximate surface area is 605 Å². The van der Waals surface area contributed by atoms with Gasteiger partial charge in [-0.2, -0.15) is 20.2 Å². The van der Waals surface area contributed by atoms with Gasteiger partial charge in [-0.1, -0.05) is 60.7 Å². The number of fused-ring (bicyclic) bond motifs is 1. The molecule has 38 nitrogen and oxygen atoms in total. The highest BCUT2D eigenvalue weighted by Crippen LogP contribution is 2.21. The fourth-order valence-corrected chi connectivity index (χ4v) is 11.2. The van der Waals surface area contributed by atoms with E-state index < -0.39 is 210 Å². The molecule has 0 saturated carbocycles. The number of carbonyl (C=O) groups excluding carboxylic acids is 13. The van der Waals surface area contributed by atoms with E-state index in [0.717, 1.165) is 19.1 Å². The second-order valence-electron chi connectivity index (χ2n) is 25.3. The number of para-hydroxylation sites is 1. The number of aliphatic hydroxyl groups is 2. The molecule has 0 radical (unpaired) electrons. The van der Waals surface area contributed by atoms with Crippen LogP contribution in [0.4, 0.5) is 0 Å². The van der Waals surface area contributed by atoms with Crippen molar-refractivity contribution in [2.45, 2.75) is 144 Å². The Bertz CT molecular complexity index is 3880. The monoisotopic (exact) mass is 1510 g/mol. The molecule has 0 spiro atoms. The van der Waals surface area contributed by atoms with E-state index in [1.165, 1.54) is 23.9 Å². The number of H-pyrrole nitrogens is 1. The molecule has 1 saturated heterocycles. The fraction of sp³-hybridized carbons (Fsp3) is 0.462. The number of carboxylic acids is 3. The van der Waals surface area contributed by atoms with Crippen LogP contribution in [0, 0.1) is 0 Å². The smallest absolute Gasteiger partial charge is 0.446 e. The lowest BCUT2D eigenvalue weighted by Gasteiger charge is -2.27. The van der Waals surface area contributed by atoms with E-state index in [1.807, 2.05) is 21.1 Å². The van der Waals surface area contributed by atoms with E-state index in [4.69, 9.17) is 21.1 Å². The van der Waals surface area contributed by atoms with Crippen LogP contribution in [-0.2, 0) is 102 Å². The molecule has 40 heteroatoms. The average molecular weight is 1510 g/mol. The summed E-state index contributed by atoms with van der Waals surface area (Å²) in [5.74, 6) is -17.1. The number of thioether (sulfide) groups is 1. The zero-order valence-corrected chi connectivity index (χ0v) is 59.4. The van der Waals surface area contributed by atoms with Crippen LogP contribution in [0.25, 0.3) is 10.9 Å². The Hall–Kier alpha value is -10.8. The number of nitrogens with two attached hydrogens (primary N) is 2. The summed E-state index contributed by atoms with van der Waals surface area (Å²) in [5, 5.41) is 73.7. The zero-order chi connectivity index (χ0) is 78.5. The predicted molar refractivity (Wildman–Crippen MR) is 369 cm³/mol. The Kier molecular flexibility index (Phi) is 34.2. The molecular weight excluding hydrogens is 1420 g/mol. The first-order valence-corrected chi connectivity index (χ1v) is 35.2. The fourth-order valence-electron chi connectivity index (χ4n) is 10.4. The van der Waals surface area contributed by atoms with Crippen molar-refractivity contribution in [2.24, 2.45) is 11.5 Å².